The average molecular weight is 475 g/mol. The number of β-lactam (4-membered cyclic amide) rings is 1. The van der Waals surface area contributed by atoms with Crippen LogP contribution in [0.4, 0.5) is 5.69 Å². The van der Waals surface area contributed by atoms with Crippen molar-refractivity contribution in [1.82, 2.24) is 10.2 Å². The van der Waals surface area contributed by atoms with Gasteiger partial charge in [0.1, 0.15) is 5.70 Å². The number of fused-ring (bicyclic) bond motifs is 1. The summed E-state index contributed by atoms with van der Waals surface area (Å²) in [6.45, 7) is 4.00. The predicted molar refractivity (Wildman–Crippen MR) is 121 cm³/mol. The fourth-order valence-corrected chi connectivity index (χ4v) is 6.33. The van der Waals surface area contributed by atoms with Crippen molar-refractivity contribution in [2.45, 2.75) is 43.7 Å². The molecule has 176 valence electrons. The van der Waals surface area contributed by atoms with Gasteiger partial charge in [-0.05, 0) is 31.5 Å². The van der Waals surface area contributed by atoms with Crippen LogP contribution in [0.5, 0.6) is 0 Å². The topological polar surface area (TPSA) is 162 Å². The minimum atomic E-state index is -1.08. The van der Waals surface area contributed by atoms with Gasteiger partial charge >= 0.3 is 5.97 Å². The fourth-order valence-electron chi connectivity index (χ4n) is 4.84. The highest BCUT2D eigenvalue weighted by atomic mass is 32.2. The largest absolute Gasteiger partial charge is 0.478 e. The Labute approximate surface area is 194 Å². The van der Waals surface area contributed by atoms with Gasteiger partial charge < -0.3 is 31.5 Å². The second kappa shape index (κ2) is 8.81. The summed E-state index contributed by atoms with van der Waals surface area (Å²) < 4.78 is 0. The SMILES string of the molecule is C[C@@H](O)[C@H]1C(=O)N2C(C(N)=O)=C(S[C@@H]3CN[C@H](C(=O)Nc4cccc(C(=O)O)c4)C3)[C@H](C)[C@H]12. The number of hydrogen-bond acceptors (Lipinski definition) is 7. The van der Waals surface area contributed by atoms with E-state index in [0.29, 0.717) is 23.6 Å². The monoisotopic (exact) mass is 474 g/mol. The molecule has 3 aliphatic heterocycles. The van der Waals surface area contributed by atoms with E-state index in [4.69, 9.17) is 10.8 Å². The molecule has 0 aliphatic carbocycles. The van der Waals surface area contributed by atoms with Gasteiger partial charge in [-0.2, -0.15) is 0 Å². The van der Waals surface area contributed by atoms with E-state index in [-0.39, 0.29) is 40.3 Å². The molecule has 0 aromatic heterocycles. The smallest absolute Gasteiger partial charge is 0.335 e. The number of aliphatic hydroxyl groups is 1. The summed E-state index contributed by atoms with van der Waals surface area (Å²) in [5.41, 5.74) is 6.27. The zero-order valence-corrected chi connectivity index (χ0v) is 19.0. The van der Waals surface area contributed by atoms with Crippen LogP contribution in [0.15, 0.2) is 34.9 Å². The van der Waals surface area contributed by atoms with E-state index in [9.17, 15) is 24.3 Å². The van der Waals surface area contributed by atoms with Gasteiger partial charge in [0.25, 0.3) is 5.91 Å². The number of primary amides is 1. The van der Waals surface area contributed by atoms with Crippen molar-refractivity contribution < 1.29 is 29.4 Å². The first-order chi connectivity index (χ1) is 15.6. The summed E-state index contributed by atoms with van der Waals surface area (Å²) in [4.78, 5) is 50.6. The summed E-state index contributed by atoms with van der Waals surface area (Å²) in [5, 5.41) is 25.0. The molecule has 0 radical (unpaired) electrons. The number of carbonyl (C=O) groups is 4. The normalized spacial score (nSPS) is 29.5. The lowest BCUT2D eigenvalue weighted by Gasteiger charge is -2.46. The first-order valence-electron chi connectivity index (χ1n) is 10.7. The number of aliphatic hydroxyl groups excluding tert-OH is 1. The number of hydrogen-bond donors (Lipinski definition) is 5. The van der Waals surface area contributed by atoms with E-state index in [1.807, 2.05) is 6.92 Å². The van der Waals surface area contributed by atoms with Crippen LogP contribution in [0, 0.1) is 11.8 Å². The molecule has 2 fully saturated rings. The van der Waals surface area contributed by atoms with Gasteiger partial charge in [-0.15, -0.1) is 11.8 Å². The standard InChI is InChI=1S/C22H26N4O6S/c1-9-16-15(10(2)27)21(30)26(16)17(19(23)28)18(9)33-13-7-14(24-8-13)20(29)25-12-5-3-4-11(6-12)22(31)32/h3-6,9-10,13-16,24,27H,7-8H2,1-2H3,(H2,23,28)(H,25,29)(H,31,32)/t9-,10-,13+,14+,15-,16-/m1/s1. The maximum absolute atomic E-state index is 12.7. The molecule has 3 aliphatic rings. The second-order valence-electron chi connectivity index (χ2n) is 8.64. The fraction of sp³-hybridized carbons (Fsp3) is 0.455. The molecule has 3 amide bonds. The van der Waals surface area contributed by atoms with Crippen LogP contribution >= 0.6 is 11.8 Å². The highest BCUT2D eigenvalue weighted by molar-refractivity contribution is 8.03. The lowest BCUT2D eigenvalue weighted by atomic mass is 9.79. The van der Waals surface area contributed by atoms with Crippen molar-refractivity contribution in [3.8, 4) is 0 Å². The molecule has 6 atom stereocenters. The average Bonchev–Trinajstić information content (AvgIpc) is 3.30. The molecule has 4 rings (SSSR count). The third-order valence-corrected chi connectivity index (χ3v) is 7.93. The summed E-state index contributed by atoms with van der Waals surface area (Å²) in [5.74, 6) is -3.04. The van der Waals surface area contributed by atoms with Gasteiger partial charge in [0.2, 0.25) is 11.8 Å². The number of thioether (sulfide) groups is 1. The number of nitrogens with one attached hydrogen (secondary N) is 2. The van der Waals surface area contributed by atoms with Gasteiger partial charge in [-0.1, -0.05) is 13.0 Å². The Morgan fingerprint density at radius 3 is 2.70 bits per heavy atom. The number of rotatable bonds is 7. The summed E-state index contributed by atoms with van der Waals surface area (Å²) in [7, 11) is 0. The van der Waals surface area contributed by atoms with Crippen LogP contribution in [0.2, 0.25) is 0 Å². The molecule has 6 N–H and O–H groups in total. The molecule has 0 saturated carbocycles. The van der Waals surface area contributed by atoms with Crippen molar-refractivity contribution in [2.24, 2.45) is 17.6 Å². The Kier molecular flexibility index (Phi) is 6.21. The maximum Gasteiger partial charge on any atom is 0.335 e. The number of carbonyl (C=O) groups excluding carboxylic acids is 3. The number of carboxylic acids is 1. The minimum absolute atomic E-state index is 0.0308. The molecule has 11 heteroatoms. The molecule has 1 aromatic rings. The predicted octanol–water partition coefficient (Wildman–Crippen LogP) is 0.341. The van der Waals surface area contributed by atoms with Gasteiger partial charge in [-0.3, -0.25) is 14.4 Å². The van der Waals surface area contributed by atoms with Crippen molar-refractivity contribution in [1.29, 1.82) is 0 Å². The van der Waals surface area contributed by atoms with Crippen LogP contribution in [-0.2, 0) is 14.4 Å². The van der Waals surface area contributed by atoms with Crippen LogP contribution in [-0.4, -0.2) is 68.8 Å². The van der Waals surface area contributed by atoms with E-state index in [2.05, 4.69) is 10.6 Å². The van der Waals surface area contributed by atoms with Crippen LogP contribution in [0.1, 0.15) is 30.6 Å². The lowest BCUT2D eigenvalue weighted by Crippen LogP contribution is -2.63. The van der Waals surface area contributed by atoms with Crippen LogP contribution in [0.3, 0.4) is 0 Å². The summed E-state index contributed by atoms with van der Waals surface area (Å²) in [6, 6.07) is 5.24. The zero-order chi connectivity index (χ0) is 24.0. The number of benzene rings is 1. The zero-order valence-electron chi connectivity index (χ0n) is 18.1. The first-order valence-corrected chi connectivity index (χ1v) is 11.6. The highest BCUT2D eigenvalue weighted by Crippen LogP contribution is 2.51. The number of aromatic carboxylic acids is 1. The molecule has 0 bridgehead atoms. The van der Waals surface area contributed by atoms with E-state index in [1.165, 1.54) is 28.8 Å². The van der Waals surface area contributed by atoms with Crippen molar-refractivity contribution in [3.63, 3.8) is 0 Å². The second-order valence-corrected chi connectivity index (χ2v) is 9.98. The molecule has 3 heterocycles. The Morgan fingerprint density at radius 2 is 2.06 bits per heavy atom. The third kappa shape index (κ3) is 4.11. The molecular weight excluding hydrogens is 448 g/mol. The highest BCUT2D eigenvalue weighted by Gasteiger charge is 2.59. The molecule has 10 nitrogen and oxygen atoms in total. The molecular formula is C22H26N4O6S. The molecule has 0 spiro atoms. The van der Waals surface area contributed by atoms with E-state index in [1.54, 1.807) is 19.1 Å². The van der Waals surface area contributed by atoms with Crippen LogP contribution < -0.4 is 16.4 Å². The number of nitrogens with two attached hydrogens (primary N) is 1. The minimum Gasteiger partial charge on any atom is -0.478 e. The van der Waals surface area contributed by atoms with Gasteiger partial charge in [-0.25, -0.2) is 4.79 Å². The van der Waals surface area contributed by atoms with Crippen molar-refractivity contribution in [3.05, 3.63) is 40.4 Å². The number of carboxylic acid groups (broad SMARTS) is 1. The Balaban J connectivity index is 1.43. The first kappa shape index (κ1) is 23.3. The number of amides is 3. The quantitative estimate of drug-likeness (QED) is 0.353. The van der Waals surface area contributed by atoms with Gasteiger partial charge in [0, 0.05) is 28.3 Å². The number of anilines is 1. The molecule has 33 heavy (non-hydrogen) atoms. The van der Waals surface area contributed by atoms with Gasteiger partial charge in [0.15, 0.2) is 0 Å². The van der Waals surface area contributed by atoms with E-state index < -0.39 is 29.9 Å². The van der Waals surface area contributed by atoms with Crippen LogP contribution in [0.25, 0.3) is 0 Å². The van der Waals surface area contributed by atoms with E-state index in [0.717, 1.165) is 0 Å². The lowest BCUT2D eigenvalue weighted by molar-refractivity contribution is -0.161. The maximum atomic E-state index is 12.7. The molecule has 1 aromatic carbocycles. The summed E-state index contributed by atoms with van der Waals surface area (Å²) >= 11 is 1.44. The van der Waals surface area contributed by atoms with E-state index >= 15 is 0 Å². The Hall–Kier alpha value is -2.89. The van der Waals surface area contributed by atoms with Gasteiger partial charge in [0.05, 0.1) is 29.7 Å². The van der Waals surface area contributed by atoms with Crippen molar-refractivity contribution in [2.75, 3.05) is 11.9 Å². The van der Waals surface area contributed by atoms with Crippen molar-refractivity contribution >= 4 is 41.1 Å². The molecule has 2 saturated heterocycles. The number of nitrogens with zero attached hydrogens (tertiary/aromatic N) is 1. The molecule has 0 unspecified atom stereocenters. The Morgan fingerprint density at radius 1 is 1.33 bits per heavy atom. The summed E-state index contributed by atoms with van der Waals surface area (Å²) in [6.07, 6.45) is -0.337. The third-order valence-electron chi connectivity index (χ3n) is 6.42. The Bertz CT molecular complexity index is 1060.